The van der Waals surface area contributed by atoms with Gasteiger partial charge in [0.2, 0.25) is 12.3 Å². The fourth-order valence-corrected chi connectivity index (χ4v) is 5.13. The van der Waals surface area contributed by atoms with Crippen LogP contribution < -0.4 is 19.7 Å². The standard InChI is InChI=1S/C27H23Cl2FN6O4/c1-14(11-31-13-37)23-20-22(34-36(23)19-12-32-27(40-3)33-25(19)39-2)26(38)35(18-6-4-5-17(29)21(18)30)24(20)15-7-9-16(28)10-8-15/h4-10,12-14,24H,11H2,1-3H3,(H,31,37). The van der Waals surface area contributed by atoms with E-state index in [2.05, 4.69) is 20.4 Å². The molecule has 206 valence electrons. The molecule has 40 heavy (non-hydrogen) atoms. The van der Waals surface area contributed by atoms with E-state index in [1.807, 2.05) is 6.92 Å². The van der Waals surface area contributed by atoms with Crippen molar-refractivity contribution in [1.29, 1.82) is 0 Å². The quantitative estimate of drug-likeness (QED) is 0.283. The Morgan fingerprint density at radius 1 is 1.12 bits per heavy atom. The lowest BCUT2D eigenvalue weighted by Crippen LogP contribution is -2.31. The molecule has 13 heteroatoms. The Morgan fingerprint density at radius 2 is 1.88 bits per heavy atom. The summed E-state index contributed by atoms with van der Waals surface area (Å²) in [6.45, 7) is 2.08. The molecule has 3 heterocycles. The van der Waals surface area contributed by atoms with Crippen LogP contribution in [0.15, 0.2) is 48.7 Å². The molecule has 1 aliphatic rings. The maximum atomic E-state index is 15.4. The van der Waals surface area contributed by atoms with Gasteiger partial charge < -0.3 is 14.8 Å². The van der Waals surface area contributed by atoms with Crippen molar-refractivity contribution in [3.63, 3.8) is 0 Å². The van der Waals surface area contributed by atoms with Gasteiger partial charge >= 0.3 is 6.01 Å². The number of hydrogen-bond donors (Lipinski definition) is 1. The summed E-state index contributed by atoms with van der Waals surface area (Å²) < 4.78 is 27.5. The summed E-state index contributed by atoms with van der Waals surface area (Å²) in [6, 6.07) is 10.6. The van der Waals surface area contributed by atoms with Crippen molar-refractivity contribution >= 4 is 41.2 Å². The van der Waals surface area contributed by atoms with Crippen LogP contribution in [0.4, 0.5) is 10.1 Å². The van der Waals surface area contributed by atoms with Gasteiger partial charge in [0.25, 0.3) is 5.91 Å². The van der Waals surface area contributed by atoms with E-state index in [-0.39, 0.29) is 40.8 Å². The van der Waals surface area contributed by atoms with Crippen LogP contribution in [-0.4, -0.2) is 52.8 Å². The first kappa shape index (κ1) is 27.4. The molecule has 10 nitrogen and oxygen atoms in total. The van der Waals surface area contributed by atoms with E-state index in [1.165, 1.54) is 42.1 Å². The van der Waals surface area contributed by atoms with Crippen LogP contribution in [0.3, 0.4) is 0 Å². The molecule has 0 radical (unpaired) electrons. The Kier molecular flexibility index (Phi) is 7.59. The Balaban J connectivity index is 1.80. The zero-order chi connectivity index (χ0) is 28.6. The van der Waals surface area contributed by atoms with E-state index in [9.17, 15) is 9.59 Å². The molecule has 4 aromatic rings. The second-order valence-electron chi connectivity index (χ2n) is 8.94. The molecule has 0 saturated heterocycles. The molecule has 1 aliphatic heterocycles. The topological polar surface area (TPSA) is 111 Å². The highest BCUT2D eigenvalue weighted by Crippen LogP contribution is 2.47. The van der Waals surface area contributed by atoms with Gasteiger partial charge in [-0.2, -0.15) is 10.1 Å². The lowest BCUT2D eigenvalue weighted by molar-refractivity contribution is -0.109. The van der Waals surface area contributed by atoms with E-state index in [1.54, 1.807) is 30.3 Å². The van der Waals surface area contributed by atoms with E-state index in [4.69, 9.17) is 32.7 Å². The zero-order valence-corrected chi connectivity index (χ0v) is 23.1. The molecule has 2 aromatic heterocycles. The Morgan fingerprint density at radius 3 is 2.55 bits per heavy atom. The van der Waals surface area contributed by atoms with Gasteiger partial charge in [-0.3, -0.25) is 14.5 Å². The number of amides is 2. The highest BCUT2D eigenvalue weighted by Gasteiger charge is 2.46. The molecular formula is C27H23Cl2FN6O4. The molecule has 2 unspecified atom stereocenters. The third-order valence-electron chi connectivity index (χ3n) is 6.58. The molecule has 2 atom stereocenters. The summed E-state index contributed by atoms with van der Waals surface area (Å²) in [5.41, 5.74) is 2.17. The lowest BCUT2D eigenvalue weighted by atomic mass is 9.93. The molecule has 0 fully saturated rings. The molecule has 5 rings (SSSR count). The summed E-state index contributed by atoms with van der Waals surface area (Å²) >= 11 is 12.3. The van der Waals surface area contributed by atoms with Crippen molar-refractivity contribution < 1.29 is 23.5 Å². The average molecular weight is 585 g/mol. The van der Waals surface area contributed by atoms with Gasteiger partial charge in [0.05, 0.1) is 42.9 Å². The second-order valence-corrected chi connectivity index (χ2v) is 9.78. The number of rotatable bonds is 9. The first-order valence-corrected chi connectivity index (χ1v) is 12.8. The number of ether oxygens (including phenoxy) is 2. The van der Waals surface area contributed by atoms with Gasteiger partial charge in [0, 0.05) is 23.0 Å². The molecule has 0 saturated carbocycles. The van der Waals surface area contributed by atoms with Crippen LogP contribution in [0.1, 0.15) is 46.2 Å². The minimum Gasteiger partial charge on any atom is -0.479 e. The van der Waals surface area contributed by atoms with E-state index in [0.29, 0.717) is 33.9 Å². The maximum absolute atomic E-state index is 15.4. The Labute approximate surface area is 238 Å². The van der Waals surface area contributed by atoms with Crippen LogP contribution in [0.25, 0.3) is 5.69 Å². The van der Waals surface area contributed by atoms with Crippen molar-refractivity contribution in [3.05, 3.63) is 87.0 Å². The number of nitrogens with zero attached hydrogens (tertiary/aromatic N) is 5. The number of aromatic nitrogens is 4. The highest BCUT2D eigenvalue weighted by molar-refractivity contribution is 6.31. The van der Waals surface area contributed by atoms with E-state index < -0.39 is 17.8 Å². The number of hydrogen-bond acceptors (Lipinski definition) is 7. The SMILES string of the molecule is COc1ncc(-n2nc3c(c2C(C)CNC=O)C(c2ccc(Cl)cc2)N(c2cccc(Cl)c2F)C3=O)c(OC)n1. The number of carbonyl (C=O) groups excluding carboxylic acids is 2. The normalized spacial score (nSPS) is 15.1. The summed E-state index contributed by atoms with van der Waals surface area (Å²) in [7, 11) is 2.86. The van der Waals surface area contributed by atoms with Gasteiger partial charge in [-0.1, -0.05) is 48.3 Å². The number of carbonyl (C=O) groups is 2. The smallest absolute Gasteiger partial charge is 0.319 e. The summed E-state index contributed by atoms with van der Waals surface area (Å²) in [6.07, 6.45) is 2.05. The van der Waals surface area contributed by atoms with Crippen molar-refractivity contribution in [2.75, 3.05) is 25.7 Å². The van der Waals surface area contributed by atoms with Gasteiger partial charge in [0.15, 0.2) is 11.5 Å². The third-order valence-corrected chi connectivity index (χ3v) is 7.12. The summed E-state index contributed by atoms with van der Waals surface area (Å²) in [5, 5.41) is 7.74. The monoisotopic (exact) mass is 584 g/mol. The second kappa shape index (κ2) is 11.1. The summed E-state index contributed by atoms with van der Waals surface area (Å²) in [4.78, 5) is 35.0. The first-order chi connectivity index (χ1) is 19.3. The molecule has 0 bridgehead atoms. The maximum Gasteiger partial charge on any atom is 0.319 e. The van der Waals surface area contributed by atoms with Crippen molar-refractivity contribution in [2.45, 2.75) is 18.9 Å². The van der Waals surface area contributed by atoms with Gasteiger partial charge in [-0.25, -0.2) is 14.1 Å². The minimum absolute atomic E-state index is 0.00280. The zero-order valence-electron chi connectivity index (χ0n) is 21.6. The van der Waals surface area contributed by atoms with Crippen LogP contribution in [0, 0.1) is 5.82 Å². The fourth-order valence-electron chi connectivity index (χ4n) is 4.84. The number of benzene rings is 2. The van der Waals surface area contributed by atoms with Crippen LogP contribution >= 0.6 is 23.2 Å². The van der Waals surface area contributed by atoms with Crippen LogP contribution in [-0.2, 0) is 4.79 Å². The van der Waals surface area contributed by atoms with E-state index in [0.717, 1.165) is 0 Å². The number of anilines is 1. The van der Waals surface area contributed by atoms with Crippen molar-refractivity contribution in [1.82, 2.24) is 25.1 Å². The largest absolute Gasteiger partial charge is 0.479 e. The van der Waals surface area contributed by atoms with Gasteiger partial charge in [0.1, 0.15) is 5.69 Å². The molecule has 1 N–H and O–H groups in total. The number of nitrogens with one attached hydrogen (secondary N) is 1. The van der Waals surface area contributed by atoms with Gasteiger partial charge in [-0.15, -0.1) is 0 Å². The molecule has 0 spiro atoms. The van der Waals surface area contributed by atoms with E-state index >= 15 is 4.39 Å². The lowest BCUT2D eigenvalue weighted by Gasteiger charge is -2.28. The number of halogens is 3. The number of methoxy groups -OCH3 is 2. The average Bonchev–Trinajstić information content (AvgIpc) is 3.48. The van der Waals surface area contributed by atoms with Crippen molar-refractivity contribution in [3.8, 4) is 17.6 Å². The number of fused-ring (bicyclic) bond motifs is 1. The van der Waals surface area contributed by atoms with Crippen LogP contribution in [0.5, 0.6) is 11.9 Å². The molecular weight excluding hydrogens is 562 g/mol. The highest BCUT2D eigenvalue weighted by atomic mass is 35.5. The Bertz CT molecular complexity index is 1600. The predicted molar refractivity (Wildman–Crippen MR) is 146 cm³/mol. The summed E-state index contributed by atoms with van der Waals surface area (Å²) in [5.74, 6) is -1.50. The molecule has 2 amide bonds. The predicted octanol–water partition coefficient (Wildman–Crippen LogP) is 4.72. The Hall–Kier alpha value is -4.22. The first-order valence-electron chi connectivity index (χ1n) is 12.1. The van der Waals surface area contributed by atoms with Crippen molar-refractivity contribution in [2.24, 2.45) is 0 Å². The molecule has 2 aromatic carbocycles. The van der Waals surface area contributed by atoms with Crippen LogP contribution in [0.2, 0.25) is 10.0 Å². The minimum atomic E-state index is -0.805. The van der Waals surface area contributed by atoms with Gasteiger partial charge in [-0.05, 0) is 29.8 Å². The third kappa shape index (κ3) is 4.61. The molecule has 0 aliphatic carbocycles. The fraction of sp³-hybridized carbons (Fsp3) is 0.222.